The number of H-pyrrole nitrogens is 1. The number of aromatic amines is 1. The van der Waals surface area contributed by atoms with Crippen molar-refractivity contribution in [3.8, 4) is 0 Å². The van der Waals surface area contributed by atoms with Crippen molar-refractivity contribution >= 4 is 22.7 Å². The number of para-hydroxylation sites is 1. The molecule has 1 heterocycles. The van der Waals surface area contributed by atoms with Crippen LogP contribution >= 0.6 is 0 Å². The molecule has 0 amide bonds. The molecular weight excluding hydrogens is 240 g/mol. The smallest absolute Gasteiger partial charge is 0.340 e. The summed E-state index contributed by atoms with van der Waals surface area (Å²) < 4.78 is 0. The van der Waals surface area contributed by atoms with Gasteiger partial charge in [-0.15, -0.1) is 0 Å². The Labute approximate surface area is 111 Å². The monoisotopic (exact) mass is 258 g/mol. The summed E-state index contributed by atoms with van der Waals surface area (Å²) in [6.45, 7) is 0. The van der Waals surface area contributed by atoms with E-state index in [9.17, 15) is 9.90 Å². The van der Waals surface area contributed by atoms with Gasteiger partial charge in [-0.2, -0.15) is 0 Å². The van der Waals surface area contributed by atoms with Crippen molar-refractivity contribution < 1.29 is 9.90 Å². The number of carboxylic acids is 1. The lowest BCUT2D eigenvalue weighted by molar-refractivity contribution is 0.0700. The first kappa shape index (κ1) is 12.1. The van der Waals surface area contributed by atoms with E-state index >= 15 is 0 Å². The summed E-state index contributed by atoms with van der Waals surface area (Å²) in [7, 11) is 0. The summed E-state index contributed by atoms with van der Waals surface area (Å²) in [6.07, 6.45) is 5.97. The molecule has 0 bridgehead atoms. The molecule has 100 valence electrons. The number of hydrogen-bond acceptors (Lipinski definition) is 2. The third-order valence-corrected chi connectivity index (χ3v) is 3.87. The molecule has 0 radical (unpaired) electrons. The van der Waals surface area contributed by atoms with Gasteiger partial charge in [0.1, 0.15) is 11.4 Å². The van der Waals surface area contributed by atoms with E-state index in [2.05, 4.69) is 10.3 Å². The van der Waals surface area contributed by atoms with Crippen molar-refractivity contribution in [1.29, 1.82) is 0 Å². The molecule has 4 nitrogen and oxygen atoms in total. The van der Waals surface area contributed by atoms with Gasteiger partial charge in [-0.3, -0.25) is 0 Å². The molecule has 1 fully saturated rings. The van der Waals surface area contributed by atoms with Crippen LogP contribution in [-0.4, -0.2) is 22.1 Å². The van der Waals surface area contributed by atoms with Crippen LogP contribution in [0.2, 0.25) is 0 Å². The van der Waals surface area contributed by atoms with Gasteiger partial charge in [0, 0.05) is 16.9 Å². The number of aromatic carboxylic acids is 1. The zero-order chi connectivity index (χ0) is 13.2. The Balaban J connectivity index is 1.97. The van der Waals surface area contributed by atoms with Crippen LogP contribution in [0.1, 0.15) is 42.5 Å². The first-order chi connectivity index (χ1) is 9.25. The second-order valence-electron chi connectivity index (χ2n) is 5.21. The quantitative estimate of drug-likeness (QED) is 0.788. The topological polar surface area (TPSA) is 65.1 Å². The normalized spacial score (nSPS) is 16.6. The van der Waals surface area contributed by atoms with Gasteiger partial charge in [0.15, 0.2) is 0 Å². The fourth-order valence-electron chi connectivity index (χ4n) is 2.92. The Morgan fingerprint density at radius 2 is 1.95 bits per heavy atom. The molecule has 2 aromatic rings. The minimum absolute atomic E-state index is 0.362. The molecule has 4 heteroatoms. The van der Waals surface area contributed by atoms with Crippen LogP contribution in [-0.2, 0) is 0 Å². The van der Waals surface area contributed by atoms with Gasteiger partial charge in [0.2, 0.25) is 0 Å². The summed E-state index contributed by atoms with van der Waals surface area (Å²) in [4.78, 5) is 14.7. The van der Waals surface area contributed by atoms with Crippen molar-refractivity contribution in [3.63, 3.8) is 0 Å². The van der Waals surface area contributed by atoms with Crippen molar-refractivity contribution in [2.45, 2.75) is 38.1 Å². The lowest BCUT2D eigenvalue weighted by Gasteiger charge is -2.23. The maximum absolute atomic E-state index is 11.5. The molecule has 3 rings (SSSR count). The number of carboxylic acid groups (broad SMARTS) is 1. The number of rotatable bonds is 3. The van der Waals surface area contributed by atoms with Gasteiger partial charge in [-0.1, -0.05) is 37.5 Å². The molecule has 1 aromatic heterocycles. The van der Waals surface area contributed by atoms with E-state index in [1.54, 1.807) is 0 Å². The number of aromatic nitrogens is 1. The third-order valence-electron chi connectivity index (χ3n) is 3.87. The number of anilines is 1. The lowest BCUT2D eigenvalue weighted by atomic mass is 9.95. The Kier molecular flexibility index (Phi) is 3.15. The van der Waals surface area contributed by atoms with E-state index in [0.29, 0.717) is 17.4 Å². The number of carbonyl (C=O) groups is 1. The fourth-order valence-corrected chi connectivity index (χ4v) is 2.92. The van der Waals surface area contributed by atoms with Gasteiger partial charge < -0.3 is 15.4 Å². The second kappa shape index (κ2) is 4.96. The standard InChI is InChI=1S/C15H18N2O2/c18-15(19)13-11-8-4-5-9-12(11)17-14(13)16-10-6-2-1-3-7-10/h4-5,8-10,16-17H,1-3,6-7H2,(H,18,19). The molecule has 0 spiro atoms. The van der Waals surface area contributed by atoms with Gasteiger partial charge in [-0.05, 0) is 18.9 Å². The Morgan fingerprint density at radius 3 is 2.68 bits per heavy atom. The maximum Gasteiger partial charge on any atom is 0.340 e. The average Bonchev–Trinajstić information content (AvgIpc) is 2.77. The molecule has 1 saturated carbocycles. The minimum atomic E-state index is -0.879. The Bertz CT molecular complexity index is 597. The Hall–Kier alpha value is -1.97. The summed E-state index contributed by atoms with van der Waals surface area (Å²) in [5.74, 6) is -0.226. The zero-order valence-corrected chi connectivity index (χ0v) is 10.8. The van der Waals surface area contributed by atoms with Crippen molar-refractivity contribution in [2.24, 2.45) is 0 Å². The van der Waals surface area contributed by atoms with Gasteiger partial charge in [-0.25, -0.2) is 4.79 Å². The molecule has 0 aliphatic heterocycles. The van der Waals surface area contributed by atoms with Crippen LogP contribution in [0.3, 0.4) is 0 Å². The molecule has 3 N–H and O–H groups in total. The van der Waals surface area contributed by atoms with E-state index in [1.165, 1.54) is 19.3 Å². The number of hydrogen-bond donors (Lipinski definition) is 3. The van der Waals surface area contributed by atoms with E-state index in [-0.39, 0.29) is 0 Å². The number of benzene rings is 1. The van der Waals surface area contributed by atoms with Crippen LogP contribution < -0.4 is 5.32 Å². The Morgan fingerprint density at radius 1 is 1.21 bits per heavy atom. The number of nitrogens with one attached hydrogen (secondary N) is 2. The molecule has 0 unspecified atom stereocenters. The summed E-state index contributed by atoms with van der Waals surface area (Å²) in [5.41, 5.74) is 1.24. The predicted octanol–water partition coefficient (Wildman–Crippen LogP) is 3.61. The fraction of sp³-hybridized carbons (Fsp3) is 0.400. The van der Waals surface area contributed by atoms with Crippen molar-refractivity contribution in [3.05, 3.63) is 29.8 Å². The molecule has 0 saturated heterocycles. The van der Waals surface area contributed by atoms with E-state index in [0.717, 1.165) is 23.7 Å². The molecule has 1 aliphatic carbocycles. The minimum Gasteiger partial charge on any atom is -0.478 e. The van der Waals surface area contributed by atoms with Gasteiger partial charge in [0.05, 0.1) is 0 Å². The molecule has 1 aromatic carbocycles. The highest BCUT2D eigenvalue weighted by Gasteiger charge is 2.21. The summed E-state index contributed by atoms with van der Waals surface area (Å²) in [5, 5.41) is 13.6. The van der Waals surface area contributed by atoms with Crippen LogP contribution in [0.25, 0.3) is 10.9 Å². The molecular formula is C15H18N2O2. The van der Waals surface area contributed by atoms with Crippen LogP contribution in [0.5, 0.6) is 0 Å². The number of fused-ring (bicyclic) bond motifs is 1. The molecule has 0 atom stereocenters. The van der Waals surface area contributed by atoms with Crippen LogP contribution in [0.4, 0.5) is 5.82 Å². The van der Waals surface area contributed by atoms with Crippen LogP contribution in [0, 0.1) is 0 Å². The highest BCUT2D eigenvalue weighted by atomic mass is 16.4. The van der Waals surface area contributed by atoms with E-state index in [1.807, 2.05) is 24.3 Å². The second-order valence-corrected chi connectivity index (χ2v) is 5.21. The van der Waals surface area contributed by atoms with Crippen molar-refractivity contribution in [2.75, 3.05) is 5.32 Å². The first-order valence-corrected chi connectivity index (χ1v) is 6.86. The summed E-state index contributed by atoms with van der Waals surface area (Å²) >= 11 is 0. The predicted molar refractivity (Wildman–Crippen MR) is 75.8 cm³/mol. The van der Waals surface area contributed by atoms with Crippen LogP contribution in [0.15, 0.2) is 24.3 Å². The zero-order valence-electron chi connectivity index (χ0n) is 10.8. The van der Waals surface area contributed by atoms with Gasteiger partial charge >= 0.3 is 5.97 Å². The third kappa shape index (κ3) is 2.30. The van der Waals surface area contributed by atoms with Crippen molar-refractivity contribution in [1.82, 2.24) is 4.98 Å². The molecule has 19 heavy (non-hydrogen) atoms. The highest BCUT2D eigenvalue weighted by Crippen LogP contribution is 2.29. The first-order valence-electron chi connectivity index (χ1n) is 6.86. The van der Waals surface area contributed by atoms with E-state index < -0.39 is 5.97 Å². The average molecular weight is 258 g/mol. The largest absolute Gasteiger partial charge is 0.478 e. The summed E-state index contributed by atoms with van der Waals surface area (Å²) in [6, 6.07) is 7.93. The highest BCUT2D eigenvalue weighted by molar-refractivity contribution is 6.08. The SMILES string of the molecule is O=C(O)c1c(NC2CCCCC2)[nH]c2ccccc12. The lowest BCUT2D eigenvalue weighted by Crippen LogP contribution is -2.23. The molecule has 1 aliphatic rings. The van der Waals surface area contributed by atoms with E-state index in [4.69, 9.17) is 0 Å². The van der Waals surface area contributed by atoms with Gasteiger partial charge in [0.25, 0.3) is 0 Å². The maximum atomic E-state index is 11.5.